The maximum Gasteiger partial charge on any atom is 0.272 e. The molecule has 2 aromatic rings. The summed E-state index contributed by atoms with van der Waals surface area (Å²) >= 11 is 0. The average Bonchev–Trinajstić information content (AvgIpc) is 3.18. The fraction of sp³-hybridized carbons (Fsp3) is 0.357. The molecule has 19 heavy (non-hydrogen) atoms. The molecule has 0 aliphatic heterocycles. The van der Waals surface area contributed by atoms with Crippen LogP contribution < -0.4 is 0 Å². The SMILES string of the molecule is Cn1nccc1C(=O)N(Cc1cccnc1)C1CC1. The van der Waals surface area contributed by atoms with Crippen LogP contribution in [0.4, 0.5) is 0 Å². The number of aromatic nitrogens is 3. The fourth-order valence-electron chi connectivity index (χ4n) is 2.17. The molecule has 98 valence electrons. The zero-order valence-corrected chi connectivity index (χ0v) is 10.9. The predicted molar refractivity (Wildman–Crippen MR) is 70.3 cm³/mol. The van der Waals surface area contributed by atoms with Crippen LogP contribution in [0, 0.1) is 0 Å². The van der Waals surface area contributed by atoms with Gasteiger partial charge in [0.2, 0.25) is 0 Å². The summed E-state index contributed by atoms with van der Waals surface area (Å²) in [6.45, 7) is 0.614. The van der Waals surface area contributed by atoms with Crippen LogP contribution in [0.25, 0.3) is 0 Å². The Bertz CT molecular complexity index is 574. The summed E-state index contributed by atoms with van der Waals surface area (Å²) in [7, 11) is 1.79. The number of aryl methyl sites for hydroxylation is 1. The van der Waals surface area contributed by atoms with E-state index in [0.717, 1.165) is 18.4 Å². The summed E-state index contributed by atoms with van der Waals surface area (Å²) < 4.78 is 1.63. The van der Waals surface area contributed by atoms with Gasteiger partial charge in [-0.15, -0.1) is 0 Å². The number of carbonyl (C=O) groups is 1. The molecule has 0 spiro atoms. The minimum atomic E-state index is 0.0475. The van der Waals surface area contributed by atoms with Crippen molar-refractivity contribution < 1.29 is 4.79 Å². The molecule has 0 radical (unpaired) electrons. The molecule has 1 fully saturated rings. The number of rotatable bonds is 4. The highest BCUT2D eigenvalue weighted by molar-refractivity contribution is 5.92. The lowest BCUT2D eigenvalue weighted by Crippen LogP contribution is -2.33. The van der Waals surface area contributed by atoms with E-state index >= 15 is 0 Å². The van der Waals surface area contributed by atoms with Crippen LogP contribution in [0.2, 0.25) is 0 Å². The molecule has 2 aromatic heterocycles. The van der Waals surface area contributed by atoms with Crippen molar-refractivity contribution in [2.75, 3.05) is 0 Å². The second kappa shape index (κ2) is 4.84. The Morgan fingerprint density at radius 1 is 1.42 bits per heavy atom. The van der Waals surface area contributed by atoms with Crippen molar-refractivity contribution in [3.05, 3.63) is 48.0 Å². The minimum absolute atomic E-state index is 0.0475. The lowest BCUT2D eigenvalue weighted by molar-refractivity contribution is 0.0718. The topological polar surface area (TPSA) is 51.0 Å². The van der Waals surface area contributed by atoms with E-state index < -0.39 is 0 Å². The summed E-state index contributed by atoms with van der Waals surface area (Å²) in [6, 6.07) is 6.03. The van der Waals surface area contributed by atoms with Crippen molar-refractivity contribution in [2.45, 2.75) is 25.4 Å². The Labute approximate surface area is 111 Å². The Kier molecular flexibility index (Phi) is 3.03. The van der Waals surface area contributed by atoms with Gasteiger partial charge in [0.1, 0.15) is 5.69 Å². The lowest BCUT2D eigenvalue weighted by Gasteiger charge is -2.22. The van der Waals surface area contributed by atoms with Crippen LogP contribution in [-0.4, -0.2) is 31.6 Å². The van der Waals surface area contributed by atoms with Crippen LogP contribution >= 0.6 is 0 Å². The number of nitrogens with zero attached hydrogens (tertiary/aromatic N) is 4. The molecule has 1 aliphatic carbocycles. The maximum atomic E-state index is 12.6. The summed E-state index contributed by atoms with van der Waals surface area (Å²) in [5.41, 5.74) is 1.70. The third kappa shape index (κ3) is 2.50. The van der Waals surface area contributed by atoms with Crippen molar-refractivity contribution in [3.63, 3.8) is 0 Å². The van der Waals surface area contributed by atoms with Crippen molar-refractivity contribution in [1.82, 2.24) is 19.7 Å². The average molecular weight is 256 g/mol. The zero-order chi connectivity index (χ0) is 13.2. The molecular formula is C14H16N4O. The first kappa shape index (κ1) is 11.9. The van der Waals surface area contributed by atoms with E-state index in [9.17, 15) is 4.79 Å². The van der Waals surface area contributed by atoms with Gasteiger partial charge in [-0.25, -0.2) is 0 Å². The van der Waals surface area contributed by atoms with Gasteiger partial charge in [0.15, 0.2) is 0 Å². The molecule has 0 aromatic carbocycles. The number of hydrogen-bond donors (Lipinski definition) is 0. The third-order valence-corrected chi connectivity index (χ3v) is 3.36. The van der Waals surface area contributed by atoms with E-state index in [0.29, 0.717) is 18.3 Å². The monoisotopic (exact) mass is 256 g/mol. The second-order valence-corrected chi connectivity index (χ2v) is 4.87. The molecule has 3 rings (SSSR count). The number of pyridine rings is 1. The van der Waals surface area contributed by atoms with Crippen LogP contribution in [0.3, 0.4) is 0 Å². The van der Waals surface area contributed by atoms with Crippen LogP contribution in [0.1, 0.15) is 28.9 Å². The van der Waals surface area contributed by atoms with Gasteiger partial charge in [0, 0.05) is 38.2 Å². The molecule has 1 aliphatic rings. The van der Waals surface area contributed by atoms with E-state index in [-0.39, 0.29) is 5.91 Å². The molecule has 0 saturated heterocycles. The summed E-state index contributed by atoms with van der Waals surface area (Å²) in [5, 5.41) is 4.06. The van der Waals surface area contributed by atoms with E-state index in [2.05, 4.69) is 10.1 Å². The number of amides is 1. The maximum absolute atomic E-state index is 12.6. The van der Waals surface area contributed by atoms with Gasteiger partial charge in [0.25, 0.3) is 5.91 Å². The van der Waals surface area contributed by atoms with Gasteiger partial charge >= 0.3 is 0 Å². The predicted octanol–water partition coefficient (Wildman–Crippen LogP) is 1.62. The Morgan fingerprint density at radius 2 is 2.26 bits per heavy atom. The Balaban J connectivity index is 1.82. The first-order valence-electron chi connectivity index (χ1n) is 6.43. The van der Waals surface area contributed by atoms with E-state index in [4.69, 9.17) is 0 Å². The molecule has 0 unspecified atom stereocenters. The number of hydrogen-bond acceptors (Lipinski definition) is 3. The van der Waals surface area contributed by atoms with Gasteiger partial charge in [-0.2, -0.15) is 5.10 Å². The van der Waals surface area contributed by atoms with Gasteiger partial charge < -0.3 is 4.90 Å². The smallest absolute Gasteiger partial charge is 0.272 e. The molecule has 0 atom stereocenters. The summed E-state index contributed by atoms with van der Waals surface area (Å²) in [6.07, 6.45) is 7.38. The quantitative estimate of drug-likeness (QED) is 0.835. The van der Waals surface area contributed by atoms with Crippen molar-refractivity contribution in [2.24, 2.45) is 7.05 Å². The van der Waals surface area contributed by atoms with Crippen LogP contribution in [0.5, 0.6) is 0 Å². The highest BCUT2D eigenvalue weighted by Gasteiger charge is 2.34. The minimum Gasteiger partial charge on any atom is -0.330 e. The molecule has 5 nitrogen and oxygen atoms in total. The highest BCUT2D eigenvalue weighted by atomic mass is 16.2. The van der Waals surface area contributed by atoms with Gasteiger partial charge in [-0.1, -0.05) is 6.07 Å². The molecule has 2 heterocycles. The number of carbonyl (C=O) groups excluding carboxylic acids is 1. The van der Waals surface area contributed by atoms with Crippen molar-refractivity contribution >= 4 is 5.91 Å². The highest BCUT2D eigenvalue weighted by Crippen LogP contribution is 2.29. The van der Waals surface area contributed by atoms with Gasteiger partial charge in [-0.3, -0.25) is 14.5 Å². The summed E-state index contributed by atoms with van der Waals surface area (Å²) in [4.78, 5) is 18.6. The van der Waals surface area contributed by atoms with Gasteiger partial charge in [-0.05, 0) is 30.5 Å². The molecule has 0 N–H and O–H groups in total. The van der Waals surface area contributed by atoms with Crippen molar-refractivity contribution in [3.8, 4) is 0 Å². The van der Waals surface area contributed by atoms with Crippen molar-refractivity contribution in [1.29, 1.82) is 0 Å². The lowest BCUT2D eigenvalue weighted by atomic mass is 10.2. The molecular weight excluding hydrogens is 240 g/mol. The first-order chi connectivity index (χ1) is 9.25. The van der Waals surface area contributed by atoms with Crippen LogP contribution in [0.15, 0.2) is 36.8 Å². The molecule has 5 heteroatoms. The Hall–Kier alpha value is -2.17. The van der Waals surface area contributed by atoms with E-state index in [1.165, 1.54) is 0 Å². The fourth-order valence-corrected chi connectivity index (χ4v) is 2.17. The standard InChI is InChI=1S/C14H16N4O/c1-17-13(6-8-16-17)14(19)18(12-4-5-12)10-11-3-2-7-15-9-11/h2-3,6-9,12H,4-5,10H2,1H3. The van der Waals surface area contributed by atoms with E-state index in [1.54, 1.807) is 30.2 Å². The zero-order valence-electron chi connectivity index (χ0n) is 10.9. The molecule has 0 bridgehead atoms. The second-order valence-electron chi connectivity index (χ2n) is 4.87. The summed E-state index contributed by atoms with van der Waals surface area (Å²) in [5.74, 6) is 0.0475. The molecule has 1 amide bonds. The van der Waals surface area contributed by atoms with Gasteiger partial charge in [0.05, 0.1) is 0 Å². The Morgan fingerprint density at radius 3 is 2.84 bits per heavy atom. The molecule has 1 saturated carbocycles. The van der Waals surface area contributed by atoms with E-state index in [1.807, 2.05) is 23.2 Å². The first-order valence-corrected chi connectivity index (χ1v) is 6.43. The van der Waals surface area contributed by atoms with Crippen LogP contribution in [-0.2, 0) is 13.6 Å². The normalized spacial score (nSPS) is 14.4. The largest absolute Gasteiger partial charge is 0.330 e. The third-order valence-electron chi connectivity index (χ3n) is 3.36.